The van der Waals surface area contributed by atoms with Crippen molar-refractivity contribution in [3.05, 3.63) is 0 Å². The van der Waals surface area contributed by atoms with Gasteiger partial charge in [0.15, 0.2) is 0 Å². The molecule has 118 valence electrons. The number of nitrogens with two attached hydrogens (primary N) is 1. The SMILES string of the molecule is CN(C)CCN(C(=O)CCCCCCN)C1CCCC1. The number of nitrogens with zero attached hydrogens (tertiary/aromatic N) is 2. The molecule has 0 spiro atoms. The van der Waals surface area contributed by atoms with Crippen molar-refractivity contribution in [1.82, 2.24) is 9.80 Å². The van der Waals surface area contributed by atoms with E-state index in [1.807, 2.05) is 0 Å². The van der Waals surface area contributed by atoms with Crippen LogP contribution in [0.2, 0.25) is 0 Å². The van der Waals surface area contributed by atoms with Crippen LogP contribution in [0.5, 0.6) is 0 Å². The van der Waals surface area contributed by atoms with Gasteiger partial charge in [-0.05, 0) is 46.3 Å². The third-order valence-electron chi connectivity index (χ3n) is 4.22. The summed E-state index contributed by atoms with van der Waals surface area (Å²) in [5, 5.41) is 0. The maximum absolute atomic E-state index is 12.5. The zero-order valence-corrected chi connectivity index (χ0v) is 13.4. The standard InChI is InChI=1S/C16H33N3O/c1-18(2)13-14-19(15-9-6-7-10-15)16(20)11-5-3-4-8-12-17/h15H,3-14,17H2,1-2H3. The minimum atomic E-state index is 0.367. The van der Waals surface area contributed by atoms with Gasteiger partial charge in [-0.3, -0.25) is 4.79 Å². The molecule has 0 heterocycles. The zero-order valence-electron chi connectivity index (χ0n) is 13.4. The zero-order chi connectivity index (χ0) is 14.8. The summed E-state index contributed by atoms with van der Waals surface area (Å²) >= 11 is 0. The highest BCUT2D eigenvalue weighted by atomic mass is 16.2. The van der Waals surface area contributed by atoms with Gasteiger partial charge in [-0.25, -0.2) is 0 Å². The molecular weight excluding hydrogens is 250 g/mol. The van der Waals surface area contributed by atoms with E-state index in [0.717, 1.165) is 45.3 Å². The molecule has 0 bridgehead atoms. The second-order valence-electron chi connectivity index (χ2n) is 6.28. The summed E-state index contributed by atoms with van der Waals surface area (Å²) in [5.74, 6) is 0.367. The second-order valence-corrected chi connectivity index (χ2v) is 6.28. The first-order valence-corrected chi connectivity index (χ1v) is 8.29. The number of unbranched alkanes of at least 4 members (excludes halogenated alkanes) is 3. The summed E-state index contributed by atoms with van der Waals surface area (Å²) in [5.41, 5.74) is 5.49. The number of rotatable bonds is 10. The second kappa shape index (κ2) is 10.2. The number of likely N-dealkylation sites (N-methyl/N-ethyl adjacent to an activating group) is 1. The quantitative estimate of drug-likeness (QED) is 0.626. The van der Waals surface area contributed by atoms with Crippen molar-refractivity contribution >= 4 is 5.91 Å². The van der Waals surface area contributed by atoms with Gasteiger partial charge in [-0.2, -0.15) is 0 Å². The van der Waals surface area contributed by atoms with Gasteiger partial charge in [0.1, 0.15) is 0 Å². The Morgan fingerprint density at radius 1 is 1.05 bits per heavy atom. The van der Waals surface area contributed by atoms with E-state index in [-0.39, 0.29) is 0 Å². The predicted molar refractivity (Wildman–Crippen MR) is 84.7 cm³/mol. The number of hydrogen-bond acceptors (Lipinski definition) is 3. The monoisotopic (exact) mass is 283 g/mol. The van der Waals surface area contributed by atoms with Gasteiger partial charge in [0.25, 0.3) is 0 Å². The van der Waals surface area contributed by atoms with E-state index in [1.165, 1.54) is 25.7 Å². The Labute approximate surface area is 124 Å². The Balaban J connectivity index is 2.34. The molecule has 0 unspecified atom stereocenters. The molecule has 2 N–H and O–H groups in total. The molecule has 0 aromatic carbocycles. The lowest BCUT2D eigenvalue weighted by atomic mass is 10.1. The largest absolute Gasteiger partial charge is 0.338 e. The normalized spacial score (nSPS) is 16.0. The van der Waals surface area contributed by atoms with E-state index in [4.69, 9.17) is 5.73 Å². The van der Waals surface area contributed by atoms with Crippen molar-refractivity contribution in [2.75, 3.05) is 33.7 Å². The highest BCUT2D eigenvalue weighted by Crippen LogP contribution is 2.24. The van der Waals surface area contributed by atoms with Crippen molar-refractivity contribution < 1.29 is 4.79 Å². The van der Waals surface area contributed by atoms with Crippen LogP contribution in [0.3, 0.4) is 0 Å². The number of hydrogen-bond donors (Lipinski definition) is 1. The van der Waals surface area contributed by atoms with Crippen LogP contribution in [-0.4, -0.2) is 55.5 Å². The van der Waals surface area contributed by atoms with E-state index < -0.39 is 0 Å². The first-order valence-electron chi connectivity index (χ1n) is 8.29. The maximum Gasteiger partial charge on any atom is 0.222 e. The molecule has 0 radical (unpaired) electrons. The van der Waals surface area contributed by atoms with Crippen molar-refractivity contribution in [3.8, 4) is 0 Å². The average molecular weight is 283 g/mol. The smallest absolute Gasteiger partial charge is 0.222 e. The lowest BCUT2D eigenvalue weighted by Gasteiger charge is -2.30. The summed E-state index contributed by atoms with van der Waals surface area (Å²) in [6.45, 7) is 2.62. The summed E-state index contributed by atoms with van der Waals surface area (Å²) in [4.78, 5) is 16.8. The van der Waals surface area contributed by atoms with Gasteiger partial charge < -0.3 is 15.5 Å². The highest BCUT2D eigenvalue weighted by molar-refractivity contribution is 5.76. The molecule has 0 saturated heterocycles. The van der Waals surface area contributed by atoms with Gasteiger partial charge in [0.2, 0.25) is 5.91 Å². The van der Waals surface area contributed by atoms with Gasteiger partial charge in [0.05, 0.1) is 0 Å². The van der Waals surface area contributed by atoms with E-state index in [2.05, 4.69) is 23.9 Å². The van der Waals surface area contributed by atoms with Crippen LogP contribution >= 0.6 is 0 Å². The van der Waals surface area contributed by atoms with Gasteiger partial charge >= 0.3 is 0 Å². The third kappa shape index (κ3) is 6.71. The lowest BCUT2D eigenvalue weighted by molar-refractivity contribution is -0.133. The Kier molecular flexibility index (Phi) is 8.86. The van der Waals surface area contributed by atoms with E-state index in [0.29, 0.717) is 18.4 Å². The van der Waals surface area contributed by atoms with Crippen LogP contribution < -0.4 is 5.73 Å². The Morgan fingerprint density at radius 2 is 1.70 bits per heavy atom. The van der Waals surface area contributed by atoms with E-state index in [1.54, 1.807) is 0 Å². The Bertz CT molecular complexity index is 262. The first kappa shape index (κ1) is 17.4. The fraction of sp³-hybridized carbons (Fsp3) is 0.938. The number of carbonyl (C=O) groups excluding carboxylic acids is 1. The van der Waals surface area contributed by atoms with Crippen molar-refractivity contribution in [2.45, 2.75) is 63.8 Å². The third-order valence-corrected chi connectivity index (χ3v) is 4.22. The highest BCUT2D eigenvalue weighted by Gasteiger charge is 2.25. The molecule has 0 atom stereocenters. The lowest BCUT2D eigenvalue weighted by Crippen LogP contribution is -2.42. The van der Waals surface area contributed by atoms with Gasteiger partial charge in [-0.1, -0.05) is 25.7 Å². The van der Waals surface area contributed by atoms with Crippen LogP contribution in [0.1, 0.15) is 57.8 Å². The van der Waals surface area contributed by atoms with Crippen LogP contribution in [0.4, 0.5) is 0 Å². The Hall–Kier alpha value is -0.610. The van der Waals surface area contributed by atoms with E-state index >= 15 is 0 Å². The molecule has 4 heteroatoms. The molecule has 1 fully saturated rings. The molecule has 4 nitrogen and oxygen atoms in total. The summed E-state index contributed by atoms with van der Waals surface area (Å²) < 4.78 is 0. The first-order chi connectivity index (χ1) is 9.65. The van der Waals surface area contributed by atoms with Crippen LogP contribution in [-0.2, 0) is 4.79 Å². The van der Waals surface area contributed by atoms with Crippen molar-refractivity contribution in [1.29, 1.82) is 0 Å². The minimum absolute atomic E-state index is 0.367. The summed E-state index contributed by atoms with van der Waals surface area (Å²) in [6.07, 6.45) is 10.1. The molecule has 0 aromatic rings. The molecule has 20 heavy (non-hydrogen) atoms. The summed E-state index contributed by atoms with van der Waals surface area (Å²) in [6, 6.07) is 0.506. The van der Waals surface area contributed by atoms with Crippen LogP contribution in [0.15, 0.2) is 0 Å². The van der Waals surface area contributed by atoms with Crippen LogP contribution in [0.25, 0.3) is 0 Å². The van der Waals surface area contributed by atoms with E-state index in [9.17, 15) is 4.79 Å². The Morgan fingerprint density at radius 3 is 2.30 bits per heavy atom. The molecular formula is C16H33N3O. The number of carbonyl (C=O) groups is 1. The minimum Gasteiger partial charge on any atom is -0.338 e. The summed E-state index contributed by atoms with van der Waals surface area (Å²) in [7, 11) is 4.15. The van der Waals surface area contributed by atoms with Crippen LogP contribution in [0, 0.1) is 0 Å². The molecule has 1 amide bonds. The molecule has 1 aliphatic carbocycles. The number of amides is 1. The maximum atomic E-state index is 12.5. The molecule has 1 rings (SSSR count). The topological polar surface area (TPSA) is 49.6 Å². The molecule has 0 aromatic heterocycles. The van der Waals surface area contributed by atoms with Crippen molar-refractivity contribution in [3.63, 3.8) is 0 Å². The predicted octanol–water partition coefficient (Wildman–Crippen LogP) is 2.23. The fourth-order valence-electron chi connectivity index (χ4n) is 2.95. The van der Waals surface area contributed by atoms with Gasteiger partial charge in [-0.15, -0.1) is 0 Å². The van der Waals surface area contributed by atoms with Gasteiger partial charge in [0, 0.05) is 25.6 Å². The van der Waals surface area contributed by atoms with Crippen molar-refractivity contribution in [2.24, 2.45) is 5.73 Å². The fourth-order valence-corrected chi connectivity index (χ4v) is 2.95. The average Bonchev–Trinajstić information content (AvgIpc) is 2.92. The molecule has 0 aliphatic heterocycles. The molecule has 1 saturated carbocycles. The molecule has 1 aliphatic rings.